The number of halogens is 2. The molecule has 0 spiro atoms. The number of aromatic nitrogens is 2. The van der Waals surface area contributed by atoms with Gasteiger partial charge in [-0.15, -0.1) is 0 Å². The molecular formula is C33H37ClFN7O2. The highest BCUT2D eigenvalue weighted by molar-refractivity contribution is 6.36. The Morgan fingerprint density at radius 3 is 2.70 bits per heavy atom. The average molecular weight is 618 g/mol. The van der Waals surface area contributed by atoms with Crippen LogP contribution in [0, 0.1) is 6.57 Å². The van der Waals surface area contributed by atoms with E-state index in [0.717, 1.165) is 59.3 Å². The lowest BCUT2D eigenvalue weighted by atomic mass is 10.0. The number of likely N-dealkylation sites (N-methyl/N-ethyl adjacent to an activating group) is 1. The van der Waals surface area contributed by atoms with E-state index in [1.165, 1.54) is 4.90 Å². The minimum atomic E-state index is -1.01. The van der Waals surface area contributed by atoms with Gasteiger partial charge in [-0.2, -0.15) is 9.97 Å². The van der Waals surface area contributed by atoms with Gasteiger partial charge in [0.05, 0.1) is 17.3 Å². The molecule has 1 aromatic heterocycles. The maximum Gasteiger partial charge on any atom is 0.319 e. The molecule has 0 radical (unpaired) electrons. The highest BCUT2D eigenvalue weighted by atomic mass is 35.5. The zero-order valence-electron chi connectivity index (χ0n) is 25.2. The van der Waals surface area contributed by atoms with E-state index in [4.69, 9.17) is 32.9 Å². The summed E-state index contributed by atoms with van der Waals surface area (Å²) < 4.78 is 20.4. The molecule has 0 bridgehead atoms. The summed E-state index contributed by atoms with van der Waals surface area (Å²) in [7, 11) is 4.14. The lowest BCUT2D eigenvalue weighted by Gasteiger charge is -2.41. The number of hydrogen-bond donors (Lipinski definition) is 0. The average Bonchev–Trinajstić information content (AvgIpc) is 3.48. The van der Waals surface area contributed by atoms with Gasteiger partial charge in [-0.05, 0) is 57.3 Å². The van der Waals surface area contributed by atoms with Gasteiger partial charge in [0.1, 0.15) is 18.0 Å². The molecule has 3 atom stereocenters. The number of rotatable bonds is 7. The Morgan fingerprint density at radius 1 is 1.16 bits per heavy atom. The van der Waals surface area contributed by atoms with Crippen molar-refractivity contribution in [2.75, 3.05) is 56.6 Å². The van der Waals surface area contributed by atoms with Crippen molar-refractivity contribution in [1.82, 2.24) is 19.8 Å². The topological polar surface area (TPSA) is 69.4 Å². The molecule has 2 fully saturated rings. The first kappa shape index (κ1) is 30.1. The number of piperazine rings is 1. The molecule has 1 amide bonds. The van der Waals surface area contributed by atoms with E-state index in [2.05, 4.69) is 64.5 Å². The van der Waals surface area contributed by atoms with Crippen molar-refractivity contribution >= 4 is 39.8 Å². The first-order chi connectivity index (χ1) is 21.2. The van der Waals surface area contributed by atoms with Gasteiger partial charge >= 0.3 is 6.01 Å². The number of benzene rings is 2. The normalized spacial score (nSPS) is 21.8. The first-order valence-corrected chi connectivity index (χ1v) is 15.5. The van der Waals surface area contributed by atoms with Gasteiger partial charge in [0.25, 0.3) is 5.91 Å². The summed E-state index contributed by atoms with van der Waals surface area (Å²) in [5.41, 5.74) is 2.98. The quantitative estimate of drug-likeness (QED) is 0.269. The number of carbonyl (C=O) groups excluding carboxylic acids is 1. The summed E-state index contributed by atoms with van der Waals surface area (Å²) in [6.07, 6.45) is 3.74. The van der Waals surface area contributed by atoms with Gasteiger partial charge in [0, 0.05) is 48.9 Å². The summed E-state index contributed by atoms with van der Waals surface area (Å²) in [4.78, 5) is 34.1. The molecular weight excluding hydrogens is 581 g/mol. The molecule has 230 valence electrons. The van der Waals surface area contributed by atoms with E-state index in [9.17, 15) is 9.18 Å². The largest absolute Gasteiger partial charge is 0.458 e. The van der Waals surface area contributed by atoms with E-state index in [1.807, 2.05) is 12.1 Å². The van der Waals surface area contributed by atoms with Crippen LogP contribution in [0.15, 0.2) is 48.8 Å². The number of anilines is 2. The minimum Gasteiger partial charge on any atom is -0.458 e. The van der Waals surface area contributed by atoms with Crippen LogP contribution >= 0.6 is 11.6 Å². The highest BCUT2D eigenvalue weighted by Crippen LogP contribution is 2.38. The summed E-state index contributed by atoms with van der Waals surface area (Å²) >= 11 is 6.70. The van der Waals surface area contributed by atoms with Crippen molar-refractivity contribution in [3.63, 3.8) is 0 Å². The fraction of sp³-hybridized carbons (Fsp3) is 0.455. The van der Waals surface area contributed by atoms with E-state index in [-0.39, 0.29) is 25.2 Å². The molecule has 1 saturated carbocycles. The smallest absolute Gasteiger partial charge is 0.319 e. The van der Waals surface area contributed by atoms with Crippen molar-refractivity contribution in [1.29, 1.82) is 0 Å². The van der Waals surface area contributed by atoms with Crippen molar-refractivity contribution in [2.24, 2.45) is 0 Å². The molecule has 3 aromatic rings. The van der Waals surface area contributed by atoms with Crippen LogP contribution in [0.2, 0.25) is 5.02 Å². The second-order valence-corrected chi connectivity index (χ2v) is 12.4. The van der Waals surface area contributed by atoms with Crippen LogP contribution in [0.3, 0.4) is 0 Å². The van der Waals surface area contributed by atoms with Gasteiger partial charge in [0.2, 0.25) is 6.54 Å². The Kier molecular flexibility index (Phi) is 8.61. The number of carbonyl (C=O) groups is 1. The van der Waals surface area contributed by atoms with E-state index >= 15 is 0 Å². The third-order valence-corrected chi connectivity index (χ3v) is 9.43. The number of amides is 1. The number of hydrogen-bond acceptors (Lipinski definition) is 7. The maximum atomic E-state index is 13.8. The molecule has 3 aliphatic rings. The molecule has 2 aromatic carbocycles. The van der Waals surface area contributed by atoms with Gasteiger partial charge in [-0.3, -0.25) is 4.79 Å². The Morgan fingerprint density at radius 2 is 1.95 bits per heavy atom. The summed E-state index contributed by atoms with van der Waals surface area (Å²) in [6.45, 7) is 13.1. The Bertz CT molecular complexity index is 1620. The maximum absolute atomic E-state index is 13.8. The predicted molar refractivity (Wildman–Crippen MR) is 171 cm³/mol. The number of fused-ring (bicyclic) bond motifs is 2. The highest BCUT2D eigenvalue weighted by Gasteiger charge is 2.37. The molecule has 6 rings (SSSR count). The van der Waals surface area contributed by atoms with Crippen LogP contribution in [0.5, 0.6) is 6.01 Å². The monoisotopic (exact) mass is 617 g/mol. The Hall–Kier alpha value is -3.94. The van der Waals surface area contributed by atoms with Crippen LogP contribution in [0.25, 0.3) is 15.6 Å². The second kappa shape index (κ2) is 12.6. The third kappa shape index (κ3) is 5.78. The SMILES string of the molecule is [C-]#[N+]CC1CN(c2nc(O[C@@H]3CCC[C@H]3N(C)C)nc3c2CCN(c2cccc4cccc(Cl)c24)C3)CCN1C(=O)C(=C)F. The van der Waals surface area contributed by atoms with Crippen molar-refractivity contribution in [3.8, 4) is 6.01 Å². The van der Waals surface area contributed by atoms with Gasteiger partial charge in [0.15, 0.2) is 5.83 Å². The van der Waals surface area contributed by atoms with Crippen LogP contribution in [0.4, 0.5) is 15.9 Å². The number of nitrogens with zero attached hydrogens (tertiary/aromatic N) is 7. The minimum absolute atomic E-state index is 0.0210. The fourth-order valence-corrected chi connectivity index (χ4v) is 7.23. The molecule has 3 heterocycles. The molecule has 9 nitrogen and oxygen atoms in total. The van der Waals surface area contributed by atoms with Crippen molar-refractivity contribution in [3.05, 3.63) is 76.5 Å². The summed E-state index contributed by atoms with van der Waals surface area (Å²) in [5.74, 6) is -1.00. The molecule has 1 aliphatic carbocycles. The lowest BCUT2D eigenvalue weighted by molar-refractivity contribution is -0.131. The lowest BCUT2D eigenvalue weighted by Crippen LogP contribution is -2.57. The third-order valence-electron chi connectivity index (χ3n) is 9.11. The van der Waals surface area contributed by atoms with Crippen LogP contribution < -0.4 is 14.5 Å². The van der Waals surface area contributed by atoms with Crippen LogP contribution in [-0.4, -0.2) is 90.7 Å². The molecule has 1 saturated heterocycles. The van der Waals surface area contributed by atoms with Crippen LogP contribution in [0.1, 0.15) is 30.5 Å². The number of ether oxygens (including phenoxy) is 1. The molecule has 1 unspecified atom stereocenters. The predicted octanol–water partition coefficient (Wildman–Crippen LogP) is 5.13. The second-order valence-electron chi connectivity index (χ2n) is 12.0. The van der Waals surface area contributed by atoms with Gasteiger partial charge in [-0.1, -0.05) is 42.4 Å². The summed E-state index contributed by atoms with van der Waals surface area (Å²) in [6, 6.07) is 12.3. The van der Waals surface area contributed by atoms with Crippen LogP contribution in [-0.2, 0) is 17.8 Å². The van der Waals surface area contributed by atoms with E-state index in [1.54, 1.807) is 0 Å². The fourth-order valence-electron chi connectivity index (χ4n) is 6.95. The van der Waals surface area contributed by atoms with Crippen molar-refractivity contribution in [2.45, 2.75) is 50.4 Å². The Balaban J connectivity index is 1.37. The van der Waals surface area contributed by atoms with Gasteiger partial charge in [-0.25, -0.2) is 11.0 Å². The van der Waals surface area contributed by atoms with E-state index < -0.39 is 17.8 Å². The van der Waals surface area contributed by atoms with Crippen molar-refractivity contribution < 1.29 is 13.9 Å². The zero-order valence-corrected chi connectivity index (χ0v) is 25.9. The Labute approximate surface area is 262 Å². The summed E-state index contributed by atoms with van der Waals surface area (Å²) in [5, 5.41) is 2.81. The molecule has 2 aliphatic heterocycles. The molecule has 11 heteroatoms. The van der Waals surface area contributed by atoms with Gasteiger partial charge < -0.3 is 29.2 Å². The molecule has 44 heavy (non-hydrogen) atoms. The molecule has 0 N–H and O–H groups in total. The standard InChI is InChI=1S/C33H37ClFN7O2/c1-21(35)32(43)42-17-16-41(19-23(42)18-36-2)31-24-14-15-40(28-12-6-9-22-8-5-10-25(34)30(22)28)20-26(24)37-33(38-31)44-29-13-7-11-27(29)39(3)4/h5-6,8-10,12,23,27,29H,1,7,11,13-20H2,3-4H3/t23?,27-,29-/m1/s1. The van der Waals surface area contributed by atoms with E-state index in [0.29, 0.717) is 37.1 Å². The first-order valence-electron chi connectivity index (χ1n) is 15.1. The zero-order chi connectivity index (χ0) is 31.0.